The topological polar surface area (TPSA) is 58.9 Å². The Morgan fingerprint density at radius 1 is 0.378 bits per heavy atom. The molecule has 446 valence electrons. The van der Waals surface area contributed by atoms with Gasteiger partial charge in [0.15, 0.2) is 104 Å². The summed E-state index contributed by atoms with van der Waals surface area (Å²) in [5.41, 5.74) is -27.5. The lowest BCUT2D eigenvalue weighted by Crippen LogP contribution is -3.00. The van der Waals surface area contributed by atoms with Crippen molar-refractivity contribution in [1.29, 1.82) is 0 Å². The number of unbranched alkanes of at least 4 members (excludes halogenated alkanes) is 2. The Morgan fingerprint density at radius 3 is 0.793 bits per heavy atom. The number of benzene rings is 6. The molecule has 1 heterocycles. The molecule has 0 atom stereocenters. The van der Waals surface area contributed by atoms with Crippen LogP contribution in [0, 0.1) is 116 Å². The molecule has 7 rings (SSSR count). The van der Waals surface area contributed by atoms with Crippen LogP contribution in [0.2, 0.25) is 0 Å². The van der Waals surface area contributed by atoms with Crippen LogP contribution in [0.1, 0.15) is 122 Å². The van der Waals surface area contributed by atoms with Gasteiger partial charge in [-0.25, -0.2) is 87.8 Å². The molecule has 0 saturated heterocycles. The Morgan fingerprint density at radius 2 is 0.598 bits per heavy atom. The van der Waals surface area contributed by atoms with E-state index >= 15 is 70.2 Å². The molecule has 0 unspecified atom stereocenters. The molecule has 0 fully saturated rings. The fourth-order valence-electron chi connectivity index (χ4n) is 11.0. The van der Waals surface area contributed by atoms with Crippen molar-refractivity contribution in [2.45, 2.75) is 103 Å². The van der Waals surface area contributed by atoms with Gasteiger partial charge in [-0.1, -0.05) is 53.4 Å². The molecule has 1 aliphatic rings. The van der Waals surface area contributed by atoms with Crippen LogP contribution >= 0.6 is 0 Å². The Bertz CT molecular complexity index is 3060. The highest BCUT2D eigenvalue weighted by atomic mass is 79.9. The van der Waals surface area contributed by atoms with E-state index < -0.39 is 236 Å². The summed E-state index contributed by atoms with van der Waals surface area (Å²) in [6, 6.07) is 1.22. The number of ether oxygens (including phenoxy) is 2. The lowest BCUT2D eigenvalue weighted by Gasteiger charge is -2.41. The summed E-state index contributed by atoms with van der Waals surface area (Å²) in [5, 5.41) is 26.7. The van der Waals surface area contributed by atoms with Gasteiger partial charge in [0.25, 0.3) is 0 Å². The van der Waals surface area contributed by atoms with Crippen molar-refractivity contribution in [3.05, 3.63) is 184 Å². The van der Waals surface area contributed by atoms with E-state index in [-0.39, 0.29) is 68.6 Å². The van der Waals surface area contributed by atoms with E-state index in [1.807, 2.05) is 0 Å². The van der Waals surface area contributed by atoms with Crippen molar-refractivity contribution < 1.29 is 129 Å². The average molecular weight is 1260 g/mol. The van der Waals surface area contributed by atoms with E-state index in [0.717, 1.165) is 14.2 Å². The van der Waals surface area contributed by atoms with Gasteiger partial charge < -0.3 is 41.2 Å². The zero-order valence-corrected chi connectivity index (χ0v) is 45.3. The molecule has 82 heavy (non-hydrogen) atoms. The van der Waals surface area contributed by atoms with Gasteiger partial charge in [0, 0.05) is 33.4 Å². The number of methoxy groups -OCH3 is 2. The fourth-order valence-corrected chi connectivity index (χ4v) is 11.0. The van der Waals surface area contributed by atoms with Crippen molar-refractivity contribution in [1.82, 2.24) is 0 Å². The van der Waals surface area contributed by atoms with Gasteiger partial charge in [-0.3, -0.25) is 0 Å². The zero-order valence-electron chi connectivity index (χ0n) is 43.7. The van der Waals surface area contributed by atoms with E-state index in [0.29, 0.717) is 12.1 Å². The van der Waals surface area contributed by atoms with Crippen LogP contribution in [0.4, 0.5) is 87.8 Å². The van der Waals surface area contributed by atoms with Gasteiger partial charge in [-0.2, -0.15) is 0 Å². The highest BCUT2D eigenvalue weighted by molar-refractivity contribution is 5.87. The van der Waals surface area contributed by atoms with E-state index in [1.165, 1.54) is 13.8 Å². The quantitative estimate of drug-likeness (QED) is 0.0296. The van der Waals surface area contributed by atoms with E-state index in [4.69, 9.17) is 9.47 Å². The fraction of sp³-hybridized carbons (Fsp3) is 0.357. The average Bonchev–Trinajstić information content (AvgIpc) is 1.97. The third-order valence-corrected chi connectivity index (χ3v) is 14.7. The minimum atomic E-state index is -4.84. The second-order valence-corrected chi connectivity index (χ2v) is 19.5. The number of quaternary nitrogens is 1. The summed E-state index contributed by atoms with van der Waals surface area (Å²) < 4.78 is 330. The number of halogens is 21. The number of nitrogens with zero attached hydrogens (tertiary/aromatic N) is 1. The first-order valence-corrected chi connectivity index (χ1v) is 24.9. The molecule has 0 aromatic heterocycles. The summed E-state index contributed by atoms with van der Waals surface area (Å²) in [5.74, 6) is -61.3. The van der Waals surface area contributed by atoms with Crippen molar-refractivity contribution in [3.8, 4) is 22.6 Å². The molecule has 0 amide bonds. The molecule has 0 bridgehead atoms. The molecular formula is C56H46BrF20NO4. The lowest BCUT2D eigenvalue weighted by atomic mass is 9.72. The molecule has 6 aromatic carbocycles. The molecule has 0 saturated carbocycles. The van der Waals surface area contributed by atoms with Crippen LogP contribution < -0.4 is 26.5 Å². The molecule has 2 N–H and O–H groups in total. The van der Waals surface area contributed by atoms with Crippen LogP contribution in [0.25, 0.3) is 11.1 Å². The Balaban J connectivity index is 0.0000108. The summed E-state index contributed by atoms with van der Waals surface area (Å²) >= 11 is 0. The minimum Gasteiger partial charge on any atom is -1.00 e. The lowest BCUT2D eigenvalue weighted by molar-refractivity contribution is -0.953. The van der Waals surface area contributed by atoms with E-state index in [2.05, 4.69) is 0 Å². The van der Waals surface area contributed by atoms with Gasteiger partial charge in [0.05, 0.1) is 49.6 Å². The molecule has 5 nitrogen and oxygen atoms in total. The Labute approximate surface area is 465 Å². The van der Waals surface area contributed by atoms with Crippen LogP contribution in [-0.4, -0.2) is 42.0 Å². The summed E-state index contributed by atoms with van der Waals surface area (Å²) in [6.07, 6.45) is -0.938. The highest BCUT2D eigenvalue weighted by Crippen LogP contribution is 2.58. The maximum atomic E-state index is 16.8. The van der Waals surface area contributed by atoms with Crippen molar-refractivity contribution in [2.75, 3.05) is 27.3 Å². The normalized spacial score (nSPS) is 13.3. The van der Waals surface area contributed by atoms with Gasteiger partial charge in [-0.05, 0) is 48.9 Å². The highest BCUT2D eigenvalue weighted by Gasteiger charge is 2.55. The number of hydrogen-bond acceptors (Lipinski definition) is 4. The van der Waals surface area contributed by atoms with E-state index in [1.54, 1.807) is 13.8 Å². The second kappa shape index (κ2) is 24.2. The number of aryl methyl sites for hydroxylation is 2. The monoisotopic (exact) mass is 1260 g/mol. The van der Waals surface area contributed by atoms with Crippen molar-refractivity contribution in [2.24, 2.45) is 0 Å². The molecule has 1 aliphatic heterocycles. The molecule has 0 aliphatic carbocycles. The largest absolute Gasteiger partial charge is 1.00 e. The molecule has 0 radical (unpaired) electrons. The predicted molar refractivity (Wildman–Crippen MR) is 249 cm³/mol. The minimum absolute atomic E-state index is 0. The maximum Gasteiger partial charge on any atom is 0.200 e. The van der Waals surface area contributed by atoms with Crippen LogP contribution in [-0.2, 0) is 37.1 Å². The standard InChI is InChI=1S/C56H46F20NO4.BrH/c1-7-11-15-77(16-12-8-2)19-23-25(55(78,29-33(57)41(65)49(73)42(66)34(29)58)30-35(59)43(67)50(74)44(68)36(30)60)17-21(13-9-3)53(80-5)27(23)28-24(20-77)26(18-22(14-10-4)54(28)81-6)56(79,31-37(61)45(69)51(75)46(70)38(31)62)32-39(63)47(71)52(76)48(72)40(32)64;/h17-18,78-79H,7-16,19-20H2,1-6H3;1H/q+1;/p-1. The van der Waals surface area contributed by atoms with E-state index in [9.17, 15) is 27.8 Å². The van der Waals surface area contributed by atoms with Gasteiger partial charge in [0.2, 0.25) is 23.3 Å². The third kappa shape index (κ3) is 9.82. The maximum absolute atomic E-state index is 16.8. The van der Waals surface area contributed by atoms with Gasteiger partial charge in [0.1, 0.15) is 24.6 Å². The zero-order chi connectivity index (χ0) is 60.4. The Kier molecular flexibility index (Phi) is 19.2. The molecule has 26 heteroatoms. The predicted octanol–water partition coefficient (Wildman–Crippen LogP) is 12.1. The number of rotatable bonds is 18. The Hall–Kier alpha value is -6.12. The summed E-state index contributed by atoms with van der Waals surface area (Å²) in [6.45, 7) is 3.32. The summed E-state index contributed by atoms with van der Waals surface area (Å²) in [4.78, 5) is 0. The smallest absolute Gasteiger partial charge is 0.200 e. The second-order valence-electron chi connectivity index (χ2n) is 19.5. The van der Waals surface area contributed by atoms with Crippen molar-refractivity contribution in [3.63, 3.8) is 0 Å². The molecular weight excluding hydrogens is 1210 g/mol. The van der Waals surface area contributed by atoms with Crippen LogP contribution in [0.5, 0.6) is 11.5 Å². The molecule has 0 spiro atoms. The first-order chi connectivity index (χ1) is 38.0. The number of hydrogen-bond donors (Lipinski definition) is 2. The van der Waals surface area contributed by atoms with Gasteiger partial charge in [-0.15, -0.1) is 0 Å². The first-order valence-electron chi connectivity index (χ1n) is 24.9. The van der Waals surface area contributed by atoms with Crippen molar-refractivity contribution >= 4 is 0 Å². The summed E-state index contributed by atoms with van der Waals surface area (Å²) in [7, 11) is 1.80. The van der Waals surface area contributed by atoms with Crippen LogP contribution in [0.3, 0.4) is 0 Å². The number of aliphatic hydroxyl groups is 2. The van der Waals surface area contributed by atoms with Crippen LogP contribution in [0.15, 0.2) is 12.1 Å². The number of fused-ring (bicyclic) bond motifs is 3. The van der Waals surface area contributed by atoms with Gasteiger partial charge >= 0.3 is 0 Å². The third-order valence-electron chi connectivity index (χ3n) is 14.7. The molecule has 6 aromatic rings. The SMILES string of the molecule is CCCC[N+]1(CCCC)Cc2c(C(O)(c3c(F)c(F)c(F)c(F)c3F)c3c(F)c(F)c(F)c(F)c3F)cc(CCC)c(OC)c2-c2c(c(C(O)(c3c(F)c(F)c(F)c(F)c3F)c3c(F)c(F)c(F)c(F)c3F)cc(CCC)c2OC)C1.[Br-]. The first kappa shape index (κ1) is 65.0.